The molecule has 3 N–H and O–H groups in total. The van der Waals surface area contributed by atoms with Gasteiger partial charge in [0.25, 0.3) is 0 Å². The Morgan fingerprint density at radius 1 is 1.00 bits per heavy atom. The number of piperazine rings is 1. The van der Waals surface area contributed by atoms with Crippen LogP contribution in [0.2, 0.25) is 0 Å². The molecule has 2 aromatic heterocycles. The van der Waals surface area contributed by atoms with Gasteiger partial charge in [-0.25, -0.2) is 19.9 Å². The molecule has 1 aliphatic carbocycles. The number of benzene rings is 1. The number of amides is 1. The van der Waals surface area contributed by atoms with Crippen LogP contribution in [0, 0.1) is 0 Å². The predicted molar refractivity (Wildman–Crippen MR) is 160 cm³/mol. The van der Waals surface area contributed by atoms with E-state index in [1.807, 2.05) is 12.1 Å². The molecule has 0 saturated carbocycles. The SMILES string of the molecule is CCN1CCN(c2ccc(NC(=O)CC3CCCc4c(-c5cnc(N)nc5)nc(N5CCOCC5)nc43)cc2)CC1. The zero-order valence-electron chi connectivity index (χ0n) is 23.8. The highest BCUT2D eigenvalue weighted by atomic mass is 16.5. The number of ether oxygens (including phenoxy) is 1. The lowest BCUT2D eigenvalue weighted by Gasteiger charge is -2.35. The number of carbonyl (C=O) groups excluding carboxylic acids is 1. The Balaban J connectivity index is 1.19. The molecule has 6 rings (SSSR count). The van der Waals surface area contributed by atoms with Gasteiger partial charge in [0.05, 0.1) is 24.6 Å². The van der Waals surface area contributed by atoms with Gasteiger partial charge in [-0.3, -0.25) is 4.79 Å². The van der Waals surface area contributed by atoms with Gasteiger partial charge in [-0.1, -0.05) is 6.92 Å². The number of nitrogens with zero attached hydrogens (tertiary/aromatic N) is 7. The molecule has 1 amide bonds. The zero-order chi connectivity index (χ0) is 28.2. The number of nitrogens with one attached hydrogen (secondary N) is 1. The third kappa shape index (κ3) is 6.25. The average Bonchev–Trinajstić information content (AvgIpc) is 3.02. The first-order chi connectivity index (χ1) is 20.1. The summed E-state index contributed by atoms with van der Waals surface area (Å²) in [5.41, 5.74) is 11.5. The van der Waals surface area contributed by atoms with Crippen molar-refractivity contribution in [3.63, 3.8) is 0 Å². The van der Waals surface area contributed by atoms with Crippen molar-refractivity contribution < 1.29 is 9.53 Å². The highest BCUT2D eigenvalue weighted by Crippen LogP contribution is 2.38. The van der Waals surface area contributed by atoms with Crippen molar-refractivity contribution in [2.75, 3.05) is 79.9 Å². The van der Waals surface area contributed by atoms with Crippen molar-refractivity contribution in [1.82, 2.24) is 24.8 Å². The fourth-order valence-electron chi connectivity index (χ4n) is 6.05. The zero-order valence-corrected chi connectivity index (χ0v) is 23.8. The minimum atomic E-state index is -0.00365. The Labute approximate surface area is 241 Å². The molecule has 0 bridgehead atoms. The second kappa shape index (κ2) is 12.4. The minimum absolute atomic E-state index is 0.00365. The number of nitrogens with two attached hydrogens (primary N) is 1. The van der Waals surface area contributed by atoms with E-state index in [-0.39, 0.29) is 17.8 Å². The van der Waals surface area contributed by atoms with Gasteiger partial charge < -0.3 is 30.5 Å². The Bertz CT molecular complexity index is 1340. The van der Waals surface area contributed by atoms with Gasteiger partial charge in [-0.2, -0.15) is 0 Å². The summed E-state index contributed by atoms with van der Waals surface area (Å²) in [5, 5.41) is 3.13. The van der Waals surface area contributed by atoms with Crippen molar-refractivity contribution in [3.8, 4) is 11.3 Å². The van der Waals surface area contributed by atoms with E-state index in [4.69, 9.17) is 20.4 Å². The van der Waals surface area contributed by atoms with E-state index in [1.165, 1.54) is 5.69 Å². The van der Waals surface area contributed by atoms with E-state index in [0.29, 0.717) is 25.6 Å². The topological polar surface area (TPSA) is 126 Å². The molecule has 1 aromatic carbocycles. The molecule has 1 unspecified atom stereocenters. The number of aromatic nitrogens is 4. The van der Waals surface area contributed by atoms with Crippen LogP contribution in [0.15, 0.2) is 36.7 Å². The van der Waals surface area contributed by atoms with Crippen LogP contribution >= 0.6 is 0 Å². The molecule has 3 aliphatic rings. The van der Waals surface area contributed by atoms with Gasteiger partial charge in [0.2, 0.25) is 17.8 Å². The number of rotatable bonds is 7. The molecule has 2 fully saturated rings. The Kier molecular flexibility index (Phi) is 8.24. The quantitative estimate of drug-likeness (QED) is 0.448. The summed E-state index contributed by atoms with van der Waals surface area (Å²) in [5.74, 6) is 0.897. The summed E-state index contributed by atoms with van der Waals surface area (Å²) in [6, 6.07) is 8.23. The Morgan fingerprint density at radius 2 is 1.73 bits per heavy atom. The van der Waals surface area contributed by atoms with Crippen LogP contribution < -0.4 is 20.9 Å². The van der Waals surface area contributed by atoms with Gasteiger partial charge >= 0.3 is 0 Å². The molecule has 3 aromatic rings. The fourth-order valence-corrected chi connectivity index (χ4v) is 6.05. The number of morpholine rings is 1. The van der Waals surface area contributed by atoms with E-state index >= 15 is 0 Å². The van der Waals surface area contributed by atoms with Crippen LogP contribution in [0.1, 0.15) is 43.4 Å². The first kappa shape index (κ1) is 27.3. The summed E-state index contributed by atoms with van der Waals surface area (Å²) in [7, 11) is 0. The molecule has 11 nitrogen and oxygen atoms in total. The summed E-state index contributed by atoms with van der Waals surface area (Å²) < 4.78 is 5.55. The van der Waals surface area contributed by atoms with E-state index in [9.17, 15) is 4.79 Å². The van der Waals surface area contributed by atoms with Crippen molar-refractivity contribution in [2.24, 2.45) is 0 Å². The van der Waals surface area contributed by atoms with Crippen molar-refractivity contribution in [2.45, 2.75) is 38.5 Å². The van der Waals surface area contributed by atoms with E-state index in [2.05, 4.69) is 49.0 Å². The second-order valence-corrected chi connectivity index (χ2v) is 11.0. The molecule has 4 heterocycles. The second-order valence-electron chi connectivity index (χ2n) is 11.0. The first-order valence-electron chi connectivity index (χ1n) is 14.8. The molecule has 41 heavy (non-hydrogen) atoms. The highest BCUT2D eigenvalue weighted by Gasteiger charge is 2.30. The van der Waals surface area contributed by atoms with Gasteiger partial charge in [0.1, 0.15) is 0 Å². The van der Waals surface area contributed by atoms with Crippen LogP contribution in [-0.2, 0) is 16.0 Å². The van der Waals surface area contributed by atoms with Gasteiger partial charge in [-0.15, -0.1) is 0 Å². The number of nitrogen functional groups attached to an aromatic ring is 1. The third-order valence-electron chi connectivity index (χ3n) is 8.40. The summed E-state index contributed by atoms with van der Waals surface area (Å²) in [4.78, 5) is 38.8. The molecular formula is C30H39N9O2. The molecule has 11 heteroatoms. The molecular weight excluding hydrogens is 518 g/mol. The number of fused-ring (bicyclic) bond motifs is 1. The molecule has 2 aliphatic heterocycles. The van der Waals surface area contributed by atoms with Gasteiger partial charge in [-0.05, 0) is 50.1 Å². The average molecular weight is 558 g/mol. The largest absolute Gasteiger partial charge is 0.378 e. The maximum atomic E-state index is 13.3. The molecule has 2 saturated heterocycles. The van der Waals surface area contributed by atoms with E-state index in [0.717, 1.165) is 93.3 Å². The van der Waals surface area contributed by atoms with Crippen molar-refractivity contribution in [1.29, 1.82) is 0 Å². The van der Waals surface area contributed by atoms with Crippen LogP contribution in [0.4, 0.5) is 23.3 Å². The Morgan fingerprint density at radius 3 is 2.44 bits per heavy atom. The highest BCUT2D eigenvalue weighted by molar-refractivity contribution is 5.91. The fraction of sp³-hybridized carbons (Fsp3) is 0.500. The Hall–Kier alpha value is -3.83. The standard InChI is InChI=1S/C30H39N9O2/c1-2-37-10-12-38(13-11-37)24-8-6-23(7-9-24)34-26(40)18-21-4-3-5-25-27(21)35-30(39-14-16-41-17-15-39)36-28(25)22-19-32-29(31)33-20-22/h6-9,19-21H,2-5,10-18H2,1H3,(H,34,40)(H2,31,32,33). The van der Waals surface area contributed by atoms with Crippen LogP contribution in [-0.4, -0.2) is 89.8 Å². The maximum absolute atomic E-state index is 13.3. The molecule has 0 spiro atoms. The minimum Gasteiger partial charge on any atom is -0.378 e. The van der Waals surface area contributed by atoms with Crippen molar-refractivity contribution >= 4 is 29.2 Å². The van der Waals surface area contributed by atoms with Crippen molar-refractivity contribution in [3.05, 3.63) is 47.9 Å². The lowest BCUT2D eigenvalue weighted by atomic mass is 9.83. The van der Waals surface area contributed by atoms with E-state index < -0.39 is 0 Å². The molecule has 216 valence electrons. The van der Waals surface area contributed by atoms with Crippen LogP contribution in [0.5, 0.6) is 0 Å². The van der Waals surface area contributed by atoms with Crippen LogP contribution in [0.3, 0.4) is 0 Å². The maximum Gasteiger partial charge on any atom is 0.226 e. The molecule has 1 atom stereocenters. The predicted octanol–water partition coefficient (Wildman–Crippen LogP) is 2.94. The summed E-state index contributed by atoms with van der Waals surface area (Å²) in [6.45, 7) is 10.3. The number of hydrogen-bond acceptors (Lipinski definition) is 10. The number of anilines is 4. The van der Waals surface area contributed by atoms with Crippen LogP contribution in [0.25, 0.3) is 11.3 Å². The number of carbonyl (C=O) groups is 1. The third-order valence-corrected chi connectivity index (χ3v) is 8.40. The molecule has 0 radical (unpaired) electrons. The smallest absolute Gasteiger partial charge is 0.226 e. The number of likely N-dealkylation sites (N-methyl/N-ethyl adjacent to an activating group) is 1. The van der Waals surface area contributed by atoms with Gasteiger partial charge in [0, 0.05) is 86.5 Å². The number of hydrogen-bond donors (Lipinski definition) is 2. The summed E-state index contributed by atoms with van der Waals surface area (Å²) in [6.07, 6.45) is 6.53. The monoisotopic (exact) mass is 557 g/mol. The summed E-state index contributed by atoms with van der Waals surface area (Å²) >= 11 is 0. The van der Waals surface area contributed by atoms with E-state index in [1.54, 1.807) is 12.4 Å². The van der Waals surface area contributed by atoms with Gasteiger partial charge in [0.15, 0.2) is 0 Å². The normalized spacial score (nSPS) is 19.6. The lowest BCUT2D eigenvalue weighted by Crippen LogP contribution is -2.46. The lowest BCUT2D eigenvalue weighted by molar-refractivity contribution is -0.116. The first-order valence-corrected chi connectivity index (χ1v) is 14.8.